The molecule has 25 heavy (non-hydrogen) atoms. The summed E-state index contributed by atoms with van der Waals surface area (Å²) in [7, 11) is 3.27. The third kappa shape index (κ3) is 3.41. The van der Waals surface area contributed by atoms with Gasteiger partial charge < -0.3 is 9.64 Å². The zero-order valence-electron chi connectivity index (χ0n) is 13.7. The smallest absolute Gasteiger partial charge is 0.274 e. The second kappa shape index (κ2) is 7.06. The zero-order valence-corrected chi connectivity index (χ0v) is 15.3. The maximum absolute atomic E-state index is 12.8. The van der Waals surface area contributed by atoms with E-state index in [9.17, 15) is 9.59 Å². The molecule has 0 spiro atoms. The molecular formula is C18H16BrN3O3. The Morgan fingerprint density at radius 3 is 2.68 bits per heavy atom. The minimum atomic E-state index is -0.316. The molecule has 1 heterocycles. The van der Waals surface area contributed by atoms with Crippen molar-refractivity contribution < 1.29 is 9.53 Å². The van der Waals surface area contributed by atoms with Crippen molar-refractivity contribution in [3.05, 3.63) is 68.5 Å². The number of aromatic nitrogens is 2. The molecule has 0 saturated heterocycles. The van der Waals surface area contributed by atoms with Crippen LogP contribution in [0.1, 0.15) is 16.1 Å². The van der Waals surface area contributed by atoms with Crippen molar-refractivity contribution in [3.8, 4) is 5.75 Å². The number of halogens is 1. The van der Waals surface area contributed by atoms with Gasteiger partial charge in [-0.05, 0) is 24.3 Å². The number of methoxy groups -OCH3 is 1. The van der Waals surface area contributed by atoms with Gasteiger partial charge in [-0.2, -0.15) is 5.10 Å². The lowest BCUT2D eigenvalue weighted by molar-refractivity contribution is 0.0779. The van der Waals surface area contributed by atoms with Crippen LogP contribution in [0.4, 0.5) is 0 Å². The molecule has 0 radical (unpaired) electrons. The van der Waals surface area contributed by atoms with Gasteiger partial charge in [-0.3, -0.25) is 9.59 Å². The summed E-state index contributed by atoms with van der Waals surface area (Å²) in [5.74, 6) is 0.414. The summed E-state index contributed by atoms with van der Waals surface area (Å²) >= 11 is 3.43. The molecule has 0 fully saturated rings. The molecule has 0 aliphatic carbocycles. The van der Waals surface area contributed by atoms with E-state index in [-0.39, 0.29) is 17.2 Å². The Morgan fingerprint density at radius 1 is 1.24 bits per heavy atom. The van der Waals surface area contributed by atoms with E-state index in [1.807, 2.05) is 18.2 Å². The van der Waals surface area contributed by atoms with Gasteiger partial charge >= 0.3 is 0 Å². The quantitative estimate of drug-likeness (QED) is 0.728. The maximum atomic E-state index is 12.8. The Hall–Kier alpha value is -2.67. The summed E-state index contributed by atoms with van der Waals surface area (Å²) in [5, 5.41) is 7.32. The third-order valence-electron chi connectivity index (χ3n) is 3.90. The Morgan fingerprint density at radius 2 is 1.96 bits per heavy atom. The highest BCUT2D eigenvalue weighted by Gasteiger charge is 2.19. The fraction of sp³-hybridized carbons (Fsp3) is 0.167. The van der Waals surface area contributed by atoms with Crippen molar-refractivity contribution in [2.45, 2.75) is 6.54 Å². The predicted octanol–water partition coefficient (Wildman–Crippen LogP) is 2.97. The molecule has 0 bridgehead atoms. The number of carbonyl (C=O) groups is 1. The van der Waals surface area contributed by atoms with Gasteiger partial charge in [-0.25, -0.2) is 5.10 Å². The van der Waals surface area contributed by atoms with Crippen molar-refractivity contribution in [2.75, 3.05) is 14.2 Å². The highest BCUT2D eigenvalue weighted by Crippen LogP contribution is 2.24. The number of fused-ring (bicyclic) bond motifs is 1. The van der Waals surface area contributed by atoms with Crippen molar-refractivity contribution in [2.24, 2.45) is 0 Å². The maximum Gasteiger partial charge on any atom is 0.274 e. The largest absolute Gasteiger partial charge is 0.496 e. The molecule has 7 heteroatoms. The van der Waals surface area contributed by atoms with E-state index in [0.29, 0.717) is 23.1 Å². The molecule has 3 rings (SSSR count). The van der Waals surface area contributed by atoms with Crippen LogP contribution in [0.3, 0.4) is 0 Å². The Balaban J connectivity index is 1.95. The molecule has 0 aliphatic rings. The van der Waals surface area contributed by atoms with Gasteiger partial charge in [0.25, 0.3) is 11.5 Å². The van der Waals surface area contributed by atoms with Gasteiger partial charge in [0.15, 0.2) is 5.69 Å². The Kier molecular flexibility index (Phi) is 4.85. The van der Waals surface area contributed by atoms with E-state index >= 15 is 0 Å². The number of benzene rings is 2. The highest BCUT2D eigenvalue weighted by atomic mass is 79.9. The molecule has 6 nitrogen and oxygen atoms in total. The van der Waals surface area contributed by atoms with Gasteiger partial charge in [0.05, 0.1) is 12.5 Å². The van der Waals surface area contributed by atoms with Gasteiger partial charge in [0, 0.05) is 29.0 Å². The predicted molar refractivity (Wildman–Crippen MR) is 98.9 cm³/mol. The van der Waals surface area contributed by atoms with Crippen molar-refractivity contribution >= 4 is 32.6 Å². The first kappa shape index (κ1) is 17.2. The van der Waals surface area contributed by atoms with E-state index in [2.05, 4.69) is 26.1 Å². The van der Waals surface area contributed by atoms with Gasteiger partial charge in [0.2, 0.25) is 0 Å². The number of aromatic amines is 1. The van der Waals surface area contributed by atoms with Crippen LogP contribution in [0.25, 0.3) is 10.8 Å². The number of ether oxygens (including phenoxy) is 1. The summed E-state index contributed by atoms with van der Waals surface area (Å²) in [6.07, 6.45) is 0. The number of nitrogens with zero attached hydrogens (tertiary/aromatic N) is 2. The molecule has 0 atom stereocenters. The fourth-order valence-corrected chi connectivity index (χ4v) is 3.07. The first-order chi connectivity index (χ1) is 12.0. The first-order valence-corrected chi connectivity index (χ1v) is 8.36. The second-order valence-electron chi connectivity index (χ2n) is 5.56. The molecule has 1 amide bonds. The van der Waals surface area contributed by atoms with E-state index in [1.165, 1.54) is 4.90 Å². The molecule has 1 aromatic heterocycles. The fourth-order valence-electron chi connectivity index (χ4n) is 2.66. The molecular weight excluding hydrogens is 386 g/mol. The number of hydrogen-bond donors (Lipinski definition) is 1. The summed E-state index contributed by atoms with van der Waals surface area (Å²) in [6.45, 7) is 0.344. The standard InChI is InChI=1S/C18H16BrN3O3/c1-22(10-11-9-12(19)7-8-15(11)25-2)18(24)16-13-5-3-4-6-14(13)17(23)21-20-16/h3-9H,10H2,1-2H3,(H,21,23). The second-order valence-corrected chi connectivity index (χ2v) is 6.48. The lowest BCUT2D eigenvalue weighted by Crippen LogP contribution is -2.28. The monoisotopic (exact) mass is 401 g/mol. The minimum Gasteiger partial charge on any atom is -0.496 e. The lowest BCUT2D eigenvalue weighted by Gasteiger charge is -2.19. The molecule has 2 aromatic carbocycles. The van der Waals surface area contributed by atoms with Crippen molar-refractivity contribution in [1.82, 2.24) is 15.1 Å². The molecule has 0 unspecified atom stereocenters. The first-order valence-electron chi connectivity index (χ1n) is 7.56. The molecule has 0 saturated carbocycles. The minimum absolute atomic E-state index is 0.215. The molecule has 1 N–H and O–H groups in total. The van der Waals surface area contributed by atoms with Crippen molar-refractivity contribution in [1.29, 1.82) is 0 Å². The van der Waals surface area contributed by atoms with Crippen LogP contribution in [0.5, 0.6) is 5.75 Å². The van der Waals surface area contributed by atoms with Crippen LogP contribution in [-0.4, -0.2) is 35.2 Å². The van der Waals surface area contributed by atoms with Crippen LogP contribution in [0.15, 0.2) is 51.7 Å². The summed E-state index contributed by atoms with van der Waals surface area (Å²) in [4.78, 5) is 26.3. The average Bonchev–Trinajstić information content (AvgIpc) is 2.62. The van der Waals surface area contributed by atoms with E-state index in [1.54, 1.807) is 38.4 Å². The number of hydrogen-bond acceptors (Lipinski definition) is 4. The summed E-state index contributed by atoms with van der Waals surface area (Å²) in [6, 6.07) is 12.5. The van der Waals surface area contributed by atoms with E-state index in [4.69, 9.17) is 4.74 Å². The van der Waals surface area contributed by atoms with Crippen LogP contribution in [0.2, 0.25) is 0 Å². The molecule has 0 aliphatic heterocycles. The topological polar surface area (TPSA) is 75.3 Å². The number of nitrogens with one attached hydrogen (secondary N) is 1. The normalized spacial score (nSPS) is 10.7. The van der Waals surface area contributed by atoms with Crippen LogP contribution in [0, 0.1) is 0 Å². The zero-order chi connectivity index (χ0) is 18.0. The van der Waals surface area contributed by atoms with Gasteiger partial charge in [-0.15, -0.1) is 0 Å². The summed E-state index contributed by atoms with van der Waals surface area (Å²) < 4.78 is 6.25. The molecule has 128 valence electrons. The van der Waals surface area contributed by atoms with Crippen molar-refractivity contribution in [3.63, 3.8) is 0 Å². The van der Waals surface area contributed by atoms with Crippen LogP contribution >= 0.6 is 15.9 Å². The number of amides is 1. The summed E-state index contributed by atoms with van der Waals surface area (Å²) in [5.41, 5.74) is 0.761. The number of carbonyl (C=O) groups excluding carboxylic acids is 1. The van der Waals surface area contributed by atoms with E-state index in [0.717, 1.165) is 10.0 Å². The number of rotatable bonds is 4. The van der Waals surface area contributed by atoms with Gasteiger partial charge in [0.1, 0.15) is 5.75 Å². The Labute approximate surface area is 152 Å². The van der Waals surface area contributed by atoms with E-state index < -0.39 is 0 Å². The Bertz CT molecular complexity index is 1000. The SMILES string of the molecule is COc1ccc(Br)cc1CN(C)C(=O)c1n[nH]c(=O)c2ccccc12. The lowest BCUT2D eigenvalue weighted by atomic mass is 10.1. The molecule has 3 aromatic rings. The van der Waals surface area contributed by atoms with Crippen LogP contribution < -0.4 is 10.3 Å². The third-order valence-corrected chi connectivity index (χ3v) is 4.39. The highest BCUT2D eigenvalue weighted by molar-refractivity contribution is 9.10. The average molecular weight is 402 g/mol. The van der Waals surface area contributed by atoms with Gasteiger partial charge in [-0.1, -0.05) is 34.1 Å². The van der Waals surface area contributed by atoms with Crippen LogP contribution in [-0.2, 0) is 6.54 Å². The number of H-pyrrole nitrogens is 1.